The molecular formula is C7H16ClNO. The molecule has 0 amide bonds. The summed E-state index contributed by atoms with van der Waals surface area (Å²) in [7, 11) is 3.81. The molecule has 1 saturated carbocycles. The summed E-state index contributed by atoms with van der Waals surface area (Å²) in [5.41, 5.74) is 0. The molecule has 0 aromatic heterocycles. The molecule has 0 unspecified atom stereocenters. The van der Waals surface area contributed by atoms with Crippen molar-refractivity contribution < 1.29 is 4.74 Å². The number of hydrogen-bond donors (Lipinski definition) is 1. The summed E-state index contributed by atoms with van der Waals surface area (Å²) in [6.07, 6.45) is 4.20. The molecule has 0 aromatic rings. The standard InChI is InChI=1S/C7H15NO.ClH/c1-8-6-3-4-7(5-6)9-2;/h6-8H,3-5H2,1-2H3;1H/t6-,7-;/m1./s1. The Kier molecular flexibility index (Phi) is 5.04. The van der Waals surface area contributed by atoms with Gasteiger partial charge in [-0.3, -0.25) is 0 Å². The van der Waals surface area contributed by atoms with Crippen LogP contribution in [0.1, 0.15) is 19.3 Å². The Balaban J connectivity index is 0.000000810. The first-order valence-corrected chi connectivity index (χ1v) is 3.57. The number of nitrogens with one attached hydrogen (secondary N) is 1. The summed E-state index contributed by atoms with van der Waals surface area (Å²) in [6, 6.07) is 0.704. The summed E-state index contributed by atoms with van der Waals surface area (Å²) in [5.74, 6) is 0. The topological polar surface area (TPSA) is 21.3 Å². The van der Waals surface area contributed by atoms with Gasteiger partial charge in [0, 0.05) is 13.2 Å². The number of ether oxygens (including phenoxy) is 1. The zero-order valence-corrected chi connectivity index (χ0v) is 7.41. The average molecular weight is 166 g/mol. The van der Waals surface area contributed by atoms with Crippen LogP contribution in [0.15, 0.2) is 0 Å². The van der Waals surface area contributed by atoms with Gasteiger partial charge in [0.25, 0.3) is 0 Å². The third kappa shape index (κ3) is 2.45. The maximum atomic E-state index is 5.20. The second-order valence-corrected chi connectivity index (χ2v) is 2.66. The van der Waals surface area contributed by atoms with Crippen molar-refractivity contribution in [2.24, 2.45) is 0 Å². The molecule has 10 heavy (non-hydrogen) atoms. The van der Waals surface area contributed by atoms with Gasteiger partial charge in [0.05, 0.1) is 6.10 Å². The van der Waals surface area contributed by atoms with Crippen molar-refractivity contribution in [3.63, 3.8) is 0 Å². The van der Waals surface area contributed by atoms with E-state index in [1.807, 2.05) is 7.05 Å². The van der Waals surface area contributed by atoms with E-state index in [1.54, 1.807) is 7.11 Å². The van der Waals surface area contributed by atoms with E-state index in [9.17, 15) is 0 Å². The minimum Gasteiger partial charge on any atom is -0.381 e. The molecule has 0 radical (unpaired) electrons. The van der Waals surface area contributed by atoms with Crippen molar-refractivity contribution >= 4 is 12.4 Å². The van der Waals surface area contributed by atoms with Crippen molar-refractivity contribution in [2.75, 3.05) is 14.2 Å². The molecule has 1 aliphatic rings. The summed E-state index contributed by atoms with van der Waals surface area (Å²) in [4.78, 5) is 0. The Morgan fingerprint density at radius 3 is 2.40 bits per heavy atom. The first-order chi connectivity index (χ1) is 4.36. The lowest BCUT2D eigenvalue weighted by atomic mass is 10.2. The second kappa shape index (κ2) is 4.94. The van der Waals surface area contributed by atoms with Gasteiger partial charge in [-0.25, -0.2) is 0 Å². The Hall–Kier alpha value is 0.210. The molecule has 1 aliphatic carbocycles. The summed E-state index contributed by atoms with van der Waals surface area (Å²) >= 11 is 0. The molecule has 1 fully saturated rings. The second-order valence-electron chi connectivity index (χ2n) is 2.66. The van der Waals surface area contributed by atoms with Crippen LogP contribution in [-0.2, 0) is 4.74 Å². The SMILES string of the molecule is CN[C@@H]1CC[C@@H](OC)C1.Cl. The van der Waals surface area contributed by atoms with Gasteiger partial charge in [-0.1, -0.05) is 0 Å². The van der Waals surface area contributed by atoms with E-state index < -0.39 is 0 Å². The monoisotopic (exact) mass is 165 g/mol. The minimum atomic E-state index is 0. The molecule has 0 heterocycles. The van der Waals surface area contributed by atoms with Crippen LogP contribution in [0.25, 0.3) is 0 Å². The van der Waals surface area contributed by atoms with Gasteiger partial charge in [0.2, 0.25) is 0 Å². The van der Waals surface area contributed by atoms with E-state index in [4.69, 9.17) is 4.74 Å². The van der Waals surface area contributed by atoms with E-state index in [0.29, 0.717) is 12.1 Å². The van der Waals surface area contributed by atoms with Crippen molar-refractivity contribution in [1.82, 2.24) is 5.32 Å². The first-order valence-electron chi connectivity index (χ1n) is 3.57. The quantitative estimate of drug-likeness (QED) is 0.664. The van der Waals surface area contributed by atoms with Crippen molar-refractivity contribution in [3.8, 4) is 0 Å². The maximum absolute atomic E-state index is 5.20. The minimum absolute atomic E-state index is 0. The molecule has 2 atom stereocenters. The summed E-state index contributed by atoms with van der Waals surface area (Å²) in [5, 5.41) is 3.25. The molecule has 0 aliphatic heterocycles. The van der Waals surface area contributed by atoms with E-state index >= 15 is 0 Å². The highest BCUT2D eigenvalue weighted by atomic mass is 35.5. The molecule has 2 nitrogen and oxygen atoms in total. The summed E-state index contributed by atoms with van der Waals surface area (Å²) < 4.78 is 5.20. The highest BCUT2D eigenvalue weighted by molar-refractivity contribution is 5.85. The Bertz CT molecular complexity index is 79.7. The molecule has 1 rings (SSSR count). The van der Waals surface area contributed by atoms with E-state index in [2.05, 4.69) is 5.32 Å². The lowest BCUT2D eigenvalue weighted by Gasteiger charge is -2.07. The van der Waals surface area contributed by atoms with Crippen LogP contribution >= 0.6 is 12.4 Å². The first kappa shape index (κ1) is 10.2. The molecule has 3 heteroatoms. The zero-order valence-electron chi connectivity index (χ0n) is 6.59. The van der Waals surface area contributed by atoms with E-state index in [1.165, 1.54) is 19.3 Å². The summed E-state index contributed by atoms with van der Waals surface area (Å²) in [6.45, 7) is 0. The van der Waals surface area contributed by atoms with Gasteiger partial charge >= 0.3 is 0 Å². The molecular weight excluding hydrogens is 150 g/mol. The van der Waals surface area contributed by atoms with Crippen LogP contribution in [0.5, 0.6) is 0 Å². The smallest absolute Gasteiger partial charge is 0.0586 e. The third-order valence-corrected chi connectivity index (χ3v) is 2.13. The predicted molar refractivity (Wildman–Crippen MR) is 44.7 cm³/mol. The Labute approximate surface area is 68.7 Å². The van der Waals surface area contributed by atoms with Crippen LogP contribution in [0, 0.1) is 0 Å². The number of halogens is 1. The van der Waals surface area contributed by atoms with Crippen molar-refractivity contribution in [1.29, 1.82) is 0 Å². The van der Waals surface area contributed by atoms with Crippen LogP contribution in [0.2, 0.25) is 0 Å². The average Bonchev–Trinajstić information content (AvgIpc) is 2.34. The van der Waals surface area contributed by atoms with Crippen LogP contribution in [0.4, 0.5) is 0 Å². The van der Waals surface area contributed by atoms with Crippen LogP contribution < -0.4 is 5.32 Å². The van der Waals surface area contributed by atoms with Gasteiger partial charge < -0.3 is 10.1 Å². The van der Waals surface area contributed by atoms with Gasteiger partial charge in [-0.05, 0) is 26.3 Å². The van der Waals surface area contributed by atoms with Crippen molar-refractivity contribution in [3.05, 3.63) is 0 Å². The van der Waals surface area contributed by atoms with Gasteiger partial charge in [0.1, 0.15) is 0 Å². The predicted octanol–water partition coefficient (Wildman–Crippen LogP) is 1.20. The molecule has 0 bridgehead atoms. The van der Waals surface area contributed by atoms with Crippen LogP contribution in [0.3, 0.4) is 0 Å². The highest BCUT2D eigenvalue weighted by Crippen LogP contribution is 2.20. The molecule has 1 N–H and O–H groups in total. The van der Waals surface area contributed by atoms with Gasteiger partial charge in [-0.15, -0.1) is 12.4 Å². The van der Waals surface area contributed by atoms with E-state index in [-0.39, 0.29) is 12.4 Å². The number of rotatable bonds is 2. The van der Waals surface area contributed by atoms with E-state index in [0.717, 1.165) is 0 Å². The zero-order chi connectivity index (χ0) is 6.69. The molecule has 0 aromatic carbocycles. The Morgan fingerprint density at radius 2 is 2.10 bits per heavy atom. The molecule has 0 saturated heterocycles. The van der Waals surface area contributed by atoms with Gasteiger partial charge in [-0.2, -0.15) is 0 Å². The fraction of sp³-hybridized carbons (Fsp3) is 1.00. The van der Waals surface area contributed by atoms with Gasteiger partial charge in [0.15, 0.2) is 0 Å². The Morgan fingerprint density at radius 1 is 1.40 bits per heavy atom. The van der Waals surface area contributed by atoms with Crippen LogP contribution in [-0.4, -0.2) is 26.3 Å². The normalized spacial score (nSPS) is 31.8. The number of methoxy groups -OCH3 is 1. The fourth-order valence-corrected chi connectivity index (χ4v) is 1.42. The molecule has 0 spiro atoms. The largest absolute Gasteiger partial charge is 0.381 e. The lowest BCUT2D eigenvalue weighted by molar-refractivity contribution is 0.107. The van der Waals surface area contributed by atoms with Crippen molar-refractivity contribution in [2.45, 2.75) is 31.4 Å². The fourth-order valence-electron chi connectivity index (χ4n) is 1.42. The maximum Gasteiger partial charge on any atom is 0.0586 e. The lowest BCUT2D eigenvalue weighted by Crippen LogP contribution is -2.22. The highest BCUT2D eigenvalue weighted by Gasteiger charge is 2.22. The molecule has 62 valence electrons. The number of hydrogen-bond acceptors (Lipinski definition) is 2. The third-order valence-electron chi connectivity index (χ3n) is 2.13.